The molecule has 0 unspecified atom stereocenters. The normalized spacial score (nSPS) is 10.4. The Kier molecular flexibility index (Phi) is 4.53. The van der Waals surface area contributed by atoms with Gasteiger partial charge < -0.3 is 0 Å². The number of pyridine rings is 1. The molecule has 0 aliphatic rings. The summed E-state index contributed by atoms with van der Waals surface area (Å²) in [6, 6.07) is 4.35. The van der Waals surface area contributed by atoms with E-state index in [1.165, 1.54) is 16.6 Å². The van der Waals surface area contributed by atoms with Crippen molar-refractivity contribution in [3.63, 3.8) is 0 Å². The third kappa shape index (κ3) is 2.43. The zero-order valence-corrected chi connectivity index (χ0v) is 11.0. The third-order valence-corrected chi connectivity index (χ3v) is 2.64. The molecule has 0 saturated heterocycles. The summed E-state index contributed by atoms with van der Waals surface area (Å²) in [5.41, 5.74) is 3.89. The van der Waals surface area contributed by atoms with Gasteiger partial charge in [0.15, 0.2) is 0 Å². The zero-order valence-electron chi connectivity index (χ0n) is 11.0. The molecule has 0 amide bonds. The van der Waals surface area contributed by atoms with Crippen LogP contribution < -0.4 is 0 Å². The summed E-state index contributed by atoms with van der Waals surface area (Å²) in [5.74, 6) is 0.542. The monoisotopic (exact) mass is 218 g/mol. The van der Waals surface area contributed by atoms with Crippen molar-refractivity contribution in [1.82, 2.24) is 9.61 Å². The Morgan fingerprint density at radius 2 is 1.94 bits per heavy atom. The predicted molar refractivity (Wildman–Crippen MR) is 70.0 cm³/mol. The van der Waals surface area contributed by atoms with Gasteiger partial charge in [0.1, 0.15) is 0 Å². The fourth-order valence-corrected chi connectivity index (χ4v) is 1.70. The van der Waals surface area contributed by atoms with E-state index in [-0.39, 0.29) is 0 Å². The Hall–Kier alpha value is -1.31. The quantitative estimate of drug-likeness (QED) is 0.743. The number of aryl methyl sites for hydroxylation is 1. The van der Waals surface area contributed by atoms with Gasteiger partial charge in [0, 0.05) is 11.8 Å². The fourth-order valence-electron chi connectivity index (χ4n) is 1.70. The minimum atomic E-state index is 0.542. The highest BCUT2D eigenvalue weighted by Gasteiger charge is 2.07. The smallest absolute Gasteiger partial charge is 0.0696 e. The first-order valence-electron chi connectivity index (χ1n) is 6.18. The molecule has 0 N–H and O–H groups in total. The summed E-state index contributed by atoms with van der Waals surface area (Å²) in [4.78, 5) is 0. The number of fused-ring (bicyclic) bond motifs is 1. The Morgan fingerprint density at radius 1 is 1.25 bits per heavy atom. The topological polar surface area (TPSA) is 17.3 Å². The zero-order chi connectivity index (χ0) is 12.1. The molecule has 16 heavy (non-hydrogen) atoms. The third-order valence-electron chi connectivity index (χ3n) is 2.64. The van der Waals surface area contributed by atoms with Gasteiger partial charge in [-0.1, -0.05) is 40.7 Å². The average molecular weight is 218 g/mol. The Morgan fingerprint density at radius 3 is 2.50 bits per heavy atom. The van der Waals surface area contributed by atoms with Crippen molar-refractivity contribution >= 4 is 5.52 Å². The maximum Gasteiger partial charge on any atom is 0.0696 e. The molecule has 0 fully saturated rings. The molecule has 0 aliphatic heterocycles. The lowest BCUT2D eigenvalue weighted by Crippen LogP contribution is -1.91. The van der Waals surface area contributed by atoms with Crippen molar-refractivity contribution in [3.8, 4) is 0 Å². The standard InChI is InChI=1S/C12H16N2.C2H6/c1-4-10-5-6-12-11(9(2)3)7-13-14(12)8-10;1-2/h5-9H,4H2,1-3H3;1-2H3. The maximum absolute atomic E-state index is 4.37. The molecule has 0 bridgehead atoms. The Labute approximate surface area is 98.3 Å². The maximum atomic E-state index is 4.37. The van der Waals surface area contributed by atoms with Crippen molar-refractivity contribution < 1.29 is 0 Å². The lowest BCUT2D eigenvalue weighted by Gasteiger charge is -2.02. The van der Waals surface area contributed by atoms with Gasteiger partial charge in [-0.05, 0) is 24.0 Å². The molecular weight excluding hydrogens is 196 g/mol. The molecule has 2 nitrogen and oxygen atoms in total. The number of hydrogen-bond donors (Lipinski definition) is 0. The predicted octanol–water partition coefficient (Wildman–Crippen LogP) is 4.05. The Balaban J connectivity index is 0.000000606. The van der Waals surface area contributed by atoms with Gasteiger partial charge >= 0.3 is 0 Å². The van der Waals surface area contributed by atoms with E-state index in [0.717, 1.165) is 6.42 Å². The highest BCUT2D eigenvalue weighted by Crippen LogP contribution is 2.20. The summed E-state index contributed by atoms with van der Waals surface area (Å²) in [6.45, 7) is 10.6. The second-order valence-electron chi connectivity index (χ2n) is 3.98. The summed E-state index contributed by atoms with van der Waals surface area (Å²) in [7, 11) is 0. The second kappa shape index (κ2) is 5.69. The first kappa shape index (κ1) is 12.8. The van der Waals surface area contributed by atoms with Gasteiger partial charge in [0.25, 0.3) is 0 Å². The molecule has 0 saturated carbocycles. The molecular formula is C14H22N2. The van der Waals surface area contributed by atoms with Crippen LogP contribution >= 0.6 is 0 Å². The molecule has 2 aromatic rings. The molecule has 88 valence electrons. The van der Waals surface area contributed by atoms with Crippen LogP contribution in [0.15, 0.2) is 24.5 Å². The summed E-state index contributed by atoms with van der Waals surface area (Å²) in [6.07, 6.45) is 5.15. The molecule has 2 heterocycles. The average Bonchev–Trinajstić information content (AvgIpc) is 2.74. The molecule has 0 aromatic carbocycles. The van der Waals surface area contributed by atoms with Gasteiger partial charge in [-0.25, -0.2) is 4.52 Å². The van der Waals surface area contributed by atoms with Gasteiger partial charge in [0.2, 0.25) is 0 Å². The van der Waals surface area contributed by atoms with Crippen molar-refractivity contribution in [2.75, 3.05) is 0 Å². The van der Waals surface area contributed by atoms with Crippen LogP contribution in [0, 0.1) is 0 Å². The van der Waals surface area contributed by atoms with Crippen LogP contribution in [0.2, 0.25) is 0 Å². The molecule has 0 radical (unpaired) electrons. The van der Waals surface area contributed by atoms with Crippen molar-refractivity contribution in [2.45, 2.75) is 47.0 Å². The first-order valence-corrected chi connectivity index (χ1v) is 6.18. The number of nitrogens with zero attached hydrogens (tertiary/aromatic N) is 2. The van der Waals surface area contributed by atoms with E-state index in [0.29, 0.717) is 5.92 Å². The van der Waals surface area contributed by atoms with E-state index in [2.05, 4.69) is 44.2 Å². The molecule has 2 heteroatoms. The van der Waals surface area contributed by atoms with Crippen LogP contribution in [-0.4, -0.2) is 9.61 Å². The number of hydrogen-bond acceptors (Lipinski definition) is 1. The highest BCUT2D eigenvalue weighted by molar-refractivity contribution is 5.55. The van der Waals surface area contributed by atoms with E-state index >= 15 is 0 Å². The fraction of sp³-hybridized carbons (Fsp3) is 0.500. The van der Waals surface area contributed by atoms with Gasteiger partial charge in [-0.15, -0.1) is 0 Å². The van der Waals surface area contributed by atoms with E-state index < -0.39 is 0 Å². The van der Waals surface area contributed by atoms with Crippen LogP contribution in [0.5, 0.6) is 0 Å². The molecule has 0 atom stereocenters. The first-order chi connectivity index (χ1) is 7.72. The minimum Gasteiger partial charge on any atom is -0.240 e. The molecule has 2 rings (SSSR count). The van der Waals surface area contributed by atoms with Crippen LogP contribution in [0.3, 0.4) is 0 Å². The SMILES string of the molecule is CC.CCc1ccc2c(C(C)C)cnn2c1. The van der Waals surface area contributed by atoms with Gasteiger partial charge in [-0.3, -0.25) is 0 Å². The lowest BCUT2D eigenvalue weighted by molar-refractivity contribution is 0.875. The van der Waals surface area contributed by atoms with Crippen molar-refractivity contribution in [3.05, 3.63) is 35.7 Å². The lowest BCUT2D eigenvalue weighted by atomic mass is 10.1. The summed E-state index contributed by atoms with van der Waals surface area (Å²) >= 11 is 0. The van der Waals surface area contributed by atoms with Gasteiger partial charge in [0.05, 0.1) is 11.7 Å². The van der Waals surface area contributed by atoms with Crippen LogP contribution in [0.4, 0.5) is 0 Å². The van der Waals surface area contributed by atoms with Gasteiger partial charge in [-0.2, -0.15) is 5.10 Å². The van der Waals surface area contributed by atoms with E-state index in [9.17, 15) is 0 Å². The Bertz CT molecular complexity index is 441. The number of aromatic nitrogens is 2. The highest BCUT2D eigenvalue weighted by atomic mass is 15.2. The second-order valence-corrected chi connectivity index (χ2v) is 3.98. The molecule has 2 aromatic heterocycles. The molecule has 0 spiro atoms. The minimum absolute atomic E-state index is 0.542. The van der Waals surface area contributed by atoms with Crippen molar-refractivity contribution in [1.29, 1.82) is 0 Å². The molecule has 0 aliphatic carbocycles. The van der Waals surface area contributed by atoms with E-state index in [1.54, 1.807) is 0 Å². The summed E-state index contributed by atoms with van der Waals surface area (Å²) < 4.78 is 1.98. The van der Waals surface area contributed by atoms with Crippen molar-refractivity contribution in [2.24, 2.45) is 0 Å². The van der Waals surface area contributed by atoms with E-state index in [4.69, 9.17) is 0 Å². The number of rotatable bonds is 2. The largest absolute Gasteiger partial charge is 0.240 e. The van der Waals surface area contributed by atoms with E-state index in [1.807, 2.05) is 24.6 Å². The van der Waals surface area contributed by atoms with Crippen LogP contribution in [0.1, 0.15) is 51.7 Å². The summed E-state index contributed by atoms with van der Waals surface area (Å²) in [5, 5.41) is 4.37. The van der Waals surface area contributed by atoms with Crippen LogP contribution in [0.25, 0.3) is 5.52 Å². The van der Waals surface area contributed by atoms with Crippen LogP contribution in [-0.2, 0) is 6.42 Å².